The average molecular weight is 1570 g/mol. The Bertz CT molecular complexity index is 3900. The number of rotatable bonds is 24. The van der Waals surface area contributed by atoms with Crippen molar-refractivity contribution in [3.63, 3.8) is 0 Å². The van der Waals surface area contributed by atoms with Gasteiger partial charge in [0.15, 0.2) is 5.96 Å². The molecule has 1 saturated carbocycles. The number of aliphatic imine (C=N–C) groups is 1. The Morgan fingerprint density at radius 1 is 0.645 bits per heavy atom. The highest BCUT2D eigenvalue weighted by molar-refractivity contribution is 8.76. The quantitative estimate of drug-likeness (QED) is 0.0178. The summed E-state index contributed by atoms with van der Waals surface area (Å²) in [5.41, 5.74) is 24.5. The van der Waals surface area contributed by atoms with Gasteiger partial charge < -0.3 is 101 Å². The fourth-order valence-corrected chi connectivity index (χ4v) is 15.3. The second-order valence-corrected chi connectivity index (χ2v) is 29.4. The molecule has 34 nitrogen and oxygen atoms in total. The zero-order valence-corrected chi connectivity index (χ0v) is 61.5. The molecule has 107 heavy (non-hydrogen) atoms. The highest BCUT2D eigenvalue weighted by Crippen LogP contribution is 2.31. The van der Waals surface area contributed by atoms with Gasteiger partial charge in [0.25, 0.3) is 0 Å². The Hall–Kier alpha value is -9.91. The van der Waals surface area contributed by atoms with E-state index in [1.165, 1.54) is 41.3 Å². The largest absolute Gasteiger partial charge is 0.508 e. The number of nitrogens with two attached hydrogens (primary N) is 4. The van der Waals surface area contributed by atoms with Crippen LogP contribution in [0.4, 0.5) is 0 Å². The topological polar surface area (TPSA) is 555 Å². The van der Waals surface area contributed by atoms with Crippen molar-refractivity contribution in [3.8, 4) is 5.75 Å². The minimum absolute atomic E-state index is 0.00651. The van der Waals surface area contributed by atoms with Crippen LogP contribution < -0.4 is 76.1 Å². The van der Waals surface area contributed by atoms with Crippen molar-refractivity contribution in [2.24, 2.45) is 33.8 Å². The molecule has 580 valence electrons. The van der Waals surface area contributed by atoms with Crippen LogP contribution in [-0.4, -0.2) is 212 Å². The van der Waals surface area contributed by atoms with Gasteiger partial charge in [0.1, 0.15) is 66.2 Å². The molecule has 2 saturated heterocycles. The maximum absolute atomic E-state index is 15.3. The number of nitrogens with zero attached hydrogens (tertiary/aromatic N) is 2. The predicted octanol–water partition coefficient (Wildman–Crippen LogP) is -0.729. The summed E-state index contributed by atoms with van der Waals surface area (Å²) in [6, 6.07) is 1.76. The number of hydrogen-bond donors (Lipinski definition) is 18. The smallest absolute Gasteiger partial charge is 0.303 e. The van der Waals surface area contributed by atoms with Crippen LogP contribution in [0.25, 0.3) is 10.9 Å². The summed E-state index contributed by atoms with van der Waals surface area (Å²) in [6.07, 6.45) is 0.00116. The number of aromatic nitrogens is 1. The minimum atomic E-state index is -1.76. The van der Waals surface area contributed by atoms with Gasteiger partial charge in [-0.3, -0.25) is 72.1 Å². The normalized spacial score (nSPS) is 22.8. The Balaban J connectivity index is 1.29. The molecule has 1 aromatic heterocycles. The molecule has 38 heteroatoms. The predicted molar refractivity (Wildman–Crippen MR) is 397 cm³/mol. The standard InChI is InChI=1S/C69H91Cl2N17O17S2/c70-42-12-5-10-38(57(42)71)31-48-64(101)80-44(14-6-27-77-69(74)75)60(97)76-28-25-53(90)79-45(20-22-55(92)93)61(98)82-49(32-39-33-78-43-13-4-3-11-41(39)43)65(102)81-46(21-23-56(94)95)62(99)85-50(59(73)96)34-106-107-35-51(66(103)87-58(68(105)84-48)37-8-1-2-9-37)86-63(100)47(30-36-16-18-40(89)19-17-36)83-67(104)52-15-7-29-88(52)54(91)24-26-72/h3-5,10-13,16-19,33,37,44-52,58,78,89H,1-2,6-9,14-15,20-32,34-35,72H2,(H2,73,96)(H,76,97)(H,79,90)(H,80,101)(H,81,102)(H,82,98)(H,83,104)(H,84,105)(H,85,99)(H,86,100)(H,87,103)(H,92,93)(H,94,95)(H4,74,75,77)/t44-,45-,46-,47-,48-,49-,50+,51-,52-,58-/m0/s1. The number of H-pyrrole nitrogens is 1. The summed E-state index contributed by atoms with van der Waals surface area (Å²) in [7, 11) is 1.71. The maximum Gasteiger partial charge on any atom is 0.303 e. The maximum atomic E-state index is 15.3. The lowest BCUT2D eigenvalue weighted by atomic mass is 9.95. The Morgan fingerprint density at radius 2 is 1.25 bits per heavy atom. The molecule has 4 aromatic rings. The van der Waals surface area contributed by atoms with E-state index in [1.54, 1.807) is 36.5 Å². The molecule has 3 aliphatic rings. The Morgan fingerprint density at radius 3 is 1.91 bits per heavy atom. The van der Waals surface area contributed by atoms with Gasteiger partial charge in [-0.15, -0.1) is 0 Å². The number of aromatic hydroxyl groups is 1. The fraction of sp³-hybridized carbons (Fsp3) is 0.493. The van der Waals surface area contributed by atoms with Crippen LogP contribution in [0, 0.1) is 5.92 Å². The van der Waals surface area contributed by atoms with Gasteiger partial charge in [0.2, 0.25) is 70.9 Å². The Kier molecular flexibility index (Phi) is 33.0. The lowest BCUT2D eigenvalue weighted by molar-refractivity contribution is -0.139. The van der Waals surface area contributed by atoms with Crippen molar-refractivity contribution < 1.29 is 82.4 Å². The molecule has 7 rings (SSSR count). The molecule has 12 amide bonds. The van der Waals surface area contributed by atoms with Crippen LogP contribution in [0.2, 0.25) is 10.0 Å². The number of carboxylic acid groups (broad SMARTS) is 2. The zero-order valence-electron chi connectivity index (χ0n) is 58.4. The van der Waals surface area contributed by atoms with Crippen LogP contribution in [-0.2, 0) is 86.4 Å². The van der Waals surface area contributed by atoms with E-state index in [0.717, 1.165) is 21.6 Å². The van der Waals surface area contributed by atoms with Crippen molar-refractivity contribution in [1.82, 2.24) is 63.1 Å². The Labute approximate surface area is 633 Å². The van der Waals surface area contributed by atoms with E-state index in [2.05, 4.69) is 63.1 Å². The molecule has 0 spiro atoms. The number of nitrogens with one attached hydrogen (secondary N) is 11. The van der Waals surface area contributed by atoms with E-state index in [-0.39, 0.29) is 97.8 Å². The van der Waals surface area contributed by atoms with Gasteiger partial charge in [0, 0.05) is 99.7 Å². The van der Waals surface area contributed by atoms with Gasteiger partial charge in [-0.2, -0.15) is 0 Å². The second kappa shape index (κ2) is 41.8. The number of benzene rings is 3. The van der Waals surface area contributed by atoms with Crippen molar-refractivity contribution in [2.45, 2.75) is 170 Å². The number of likely N-dealkylation sites (tertiary alicyclic amines) is 1. The van der Waals surface area contributed by atoms with E-state index in [4.69, 9.17) is 46.1 Å². The third-order valence-corrected chi connectivity index (χ3v) is 21.4. The van der Waals surface area contributed by atoms with Gasteiger partial charge in [-0.1, -0.05) is 100 Å². The SMILES string of the molecule is NCCC(=O)N1CCC[C@H]1C(=O)N[C@@H](Cc1ccc(O)cc1)C(=O)N[C@H]1CSSC[C@H](C(N)=O)NC(=O)[C@H](CCC(=O)O)NC(=O)[C@H](Cc2c[nH]c3ccccc23)NC(=O)[C@H](CCC(=O)O)NC(=O)CCNC(=O)[C@H](CCCN=C(N)N)NC(=O)[C@H](Cc2cccc(Cl)c2Cl)NC(=O)[C@H](C2CCCC2)NC1=O. The number of carboxylic acids is 2. The molecular formula is C69H91Cl2N17O17S2. The molecule has 2 aliphatic heterocycles. The first-order valence-electron chi connectivity index (χ1n) is 34.9. The summed E-state index contributed by atoms with van der Waals surface area (Å²) >= 11 is 13.2. The first-order chi connectivity index (χ1) is 51.1. The lowest BCUT2D eigenvalue weighted by Crippen LogP contribution is -2.61. The summed E-state index contributed by atoms with van der Waals surface area (Å²) < 4.78 is 0. The summed E-state index contributed by atoms with van der Waals surface area (Å²) in [4.78, 5) is 206. The number of fused-ring (bicyclic) bond motifs is 1. The number of carbonyl (C=O) groups is 14. The number of halogens is 2. The number of guanidine groups is 1. The van der Waals surface area contributed by atoms with E-state index in [9.17, 15) is 68.1 Å². The van der Waals surface area contributed by atoms with E-state index < -0.39 is 193 Å². The van der Waals surface area contributed by atoms with Gasteiger partial charge in [0.05, 0.1) is 10.0 Å². The molecule has 0 unspecified atom stereocenters. The van der Waals surface area contributed by atoms with Crippen molar-refractivity contribution in [3.05, 3.63) is 99.7 Å². The van der Waals surface area contributed by atoms with Crippen LogP contribution in [0.15, 0.2) is 77.9 Å². The van der Waals surface area contributed by atoms with Crippen LogP contribution in [0.1, 0.15) is 107 Å². The van der Waals surface area contributed by atoms with Gasteiger partial charge in [-0.25, -0.2) is 0 Å². The van der Waals surface area contributed by atoms with Crippen LogP contribution >= 0.6 is 44.8 Å². The number of phenolic OH excluding ortho intramolecular Hbond substituents is 1. The van der Waals surface area contributed by atoms with E-state index in [0.29, 0.717) is 54.1 Å². The van der Waals surface area contributed by atoms with E-state index in [1.807, 2.05) is 0 Å². The lowest BCUT2D eigenvalue weighted by Gasteiger charge is -2.30. The third kappa shape index (κ3) is 26.2. The number of aromatic amines is 1. The molecule has 10 atom stereocenters. The van der Waals surface area contributed by atoms with Crippen LogP contribution in [0.3, 0.4) is 0 Å². The monoisotopic (exact) mass is 1560 g/mol. The number of para-hydroxylation sites is 1. The molecule has 3 aromatic carbocycles. The first kappa shape index (κ1) is 84.4. The first-order valence-corrected chi connectivity index (χ1v) is 38.1. The average Bonchev–Trinajstić information content (AvgIpc) is 1.78. The fourth-order valence-electron chi connectivity index (χ4n) is 12.5. The van der Waals surface area contributed by atoms with Gasteiger partial charge in [-0.05, 0) is 98.2 Å². The van der Waals surface area contributed by atoms with Gasteiger partial charge >= 0.3 is 11.9 Å². The second-order valence-electron chi connectivity index (χ2n) is 26.0. The number of primary amides is 1. The van der Waals surface area contributed by atoms with Crippen molar-refractivity contribution in [1.29, 1.82) is 0 Å². The highest BCUT2D eigenvalue weighted by Gasteiger charge is 2.41. The molecule has 3 heterocycles. The molecule has 3 fully saturated rings. The van der Waals surface area contributed by atoms with E-state index >= 15 is 14.4 Å². The molecule has 0 bridgehead atoms. The number of phenols is 1. The molecule has 0 radical (unpaired) electrons. The summed E-state index contributed by atoms with van der Waals surface area (Å²) in [5.74, 6) is -15.6. The van der Waals surface area contributed by atoms with Crippen molar-refractivity contribution in [2.75, 3.05) is 37.7 Å². The van der Waals surface area contributed by atoms with Crippen molar-refractivity contribution >= 4 is 144 Å². The third-order valence-electron chi connectivity index (χ3n) is 18.2. The molecular weight excluding hydrogens is 1470 g/mol. The summed E-state index contributed by atoms with van der Waals surface area (Å²) in [5, 5.41) is 56.8. The highest BCUT2D eigenvalue weighted by atomic mass is 35.5. The minimum Gasteiger partial charge on any atom is -0.508 e. The van der Waals surface area contributed by atoms with Crippen LogP contribution in [0.5, 0.6) is 5.75 Å². The molecule has 1 aliphatic carbocycles. The number of hydrogen-bond acceptors (Lipinski definition) is 19. The number of aliphatic carboxylic acids is 2. The number of carbonyl (C=O) groups excluding carboxylic acids is 12. The summed E-state index contributed by atoms with van der Waals surface area (Å²) in [6.45, 7) is -0.262. The number of amides is 12. The zero-order chi connectivity index (χ0) is 77.9. The molecule has 22 N–H and O–H groups in total.